The lowest BCUT2D eigenvalue weighted by Crippen LogP contribution is -2.57. The van der Waals surface area contributed by atoms with Crippen LogP contribution < -0.4 is 10.5 Å². The third-order valence-corrected chi connectivity index (χ3v) is 11.9. The van der Waals surface area contributed by atoms with Gasteiger partial charge < -0.3 is 29.9 Å². The van der Waals surface area contributed by atoms with Crippen LogP contribution in [0.5, 0.6) is 11.5 Å². The first-order chi connectivity index (χ1) is 25.5. The summed E-state index contributed by atoms with van der Waals surface area (Å²) in [7, 11) is 0. The number of fused-ring (bicyclic) bond motifs is 1. The van der Waals surface area contributed by atoms with Crippen molar-refractivity contribution in [2.75, 3.05) is 45.0 Å². The fourth-order valence-corrected chi connectivity index (χ4v) is 8.98. The lowest BCUT2D eigenvalue weighted by molar-refractivity contribution is -0.139. The number of hydrogen-bond acceptors (Lipinski definition) is 9. The largest absolute Gasteiger partial charge is 0.457 e. The standard InChI is InChI=1S/C41H52N8O4/c1-40(2,3)53-39(51)47-22-17-41(18-23-47)24-31(25-41)46-20-15-29(16-21-46)38(50)48-19-7-8-30(26-48)49-37-34(36(42)43-27-44-37)35(45-49)28-11-13-33(14-12-28)52-32-9-5-4-6-10-32/h4-6,9-14,27,29-31H,7-8,15-26H2,1-3H3,(H2,42,43,44)/t30-/m1/s1. The summed E-state index contributed by atoms with van der Waals surface area (Å²) in [6.07, 6.45) is 9.42. The van der Waals surface area contributed by atoms with E-state index in [0.717, 1.165) is 99.4 Å². The number of hydrogen-bond donors (Lipinski definition) is 1. The predicted octanol–water partition coefficient (Wildman–Crippen LogP) is 6.92. The van der Waals surface area contributed by atoms with Gasteiger partial charge in [0.25, 0.3) is 0 Å². The monoisotopic (exact) mass is 720 g/mol. The second-order valence-corrected chi connectivity index (χ2v) is 16.6. The van der Waals surface area contributed by atoms with Gasteiger partial charge >= 0.3 is 6.09 Å². The highest BCUT2D eigenvalue weighted by molar-refractivity contribution is 5.98. The molecular weight excluding hydrogens is 669 g/mol. The Kier molecular flexibility index (Phi) is 9.51. The van der Waals surface area contributed by atoms with Crippen molar-refractivity contribution in [3.8, 4) is 22.8 Å². The van der Waals surface area contributed by atoms with E-state index in [9.17, 15) is 9.59 Å². The molecule has 0 radical (unpaired) electrons. The molecule has 2 N–H and O–H groups in total. The number of carbonyl (C=O) groups is 2. The Morgan fingerprint density at radius 2 is 1.53 bits per heavy atom. The number of nitrogens with zero attached hydrogens (tertiary/aromatic N) is 7. The summed E-state index contributed by atoms with van der Waals surface area (Å²) < 4.78 is 13.6. The first-order valence-electron chi connectivity index (χ1n) is 19.4. The SMILES string of the molecule is CC(C)(C)OC(=O)N1CCC2(CC1)CC(N1CCC(C(=O)N3CCC[C@@H](n4nc(-c5ccc(Oc6ccccc6)cc5)c5c(N)ncnc54)C3)CC1)C2. The average molecular weight is 721 g/mol. The molecule has 1 saturated carbocycles. The molecule has 4 aliphatic rings. The van der Waals surface area contributed by atoms with E-state index in [1.54, 1.807) is 0 Å². The molecule has 12 heteroatoms. The molecule has 4 aromatic rings. The quantitative estimate of drug-likeness (QED) is 0.225. The zero-order valence-corrected chi connectivity index (χ0v) is 31.2. The third kappa shape index (κ3) is 7.43. The van der Waals surface area contributed by atoms with Crippen LogP contribution in [0.3, 0.4) is 0 Å². The van der Waals surface area contributed by atoms with Crippen molar-refractivity contribution in [2.24, 2.45) is 11.3 Å². The Morgan fingerprint density at radius 1 is 0.830 bits per heavy atom. The highest BCUT2D eigenvalue weighted by Crippen LogP contribution is 2.51. The number of nitrogens with two attached hydrogens (primary N) is 1. The lowest BCUT2D eigenvalue weighted by atomic mass is 9.60. The molecule has 8 rings (SSSR count). The van der Waals surface area contributed by atoms with E-state index in [4.69, 9.17) is 20.3 Å². The van der Waals surface area contributed by atoms with Gasteiger partial charge in [-0.1, -0.05) is 18.2 Å². The van der Waals surface area contributed by atoms with E-state index >= 15 is 0 Å². The Balaban J connectivity index is 0.871. The van der Waals surface area contributed by atoms with Gasteiger partial charge in [-0.3, -0.25) is 4.79 Å². The van der Waals surface area contributed by atoms with E-state index in [1.807, 2.05) is 85.0 Å². The molecule has 5 heterocycles. The number of likely N-dealkylation sites (tertiary alicyclic amines) is 3. The summed E-state index contributed by atoms with van der Waals surface area (Å²) in [5.74, 6) is 2.22. The molecule has 1 spiro atoms. The molecule has 280 valence electrons. The molecule has 12 nitrogen and oxygen atoms in total. The number of benzene rings is 2. The van der Waals surface area contributed by atoms with Gasteiger partial charge in [-0.05, 0) is 127 Å². The number of piperidine rings is 3. The Morgan fingerprint density at radius 3 is 2.23 bits per heavy atom. The van der Waals surface area contributed by atoms with Crippen LogP contribution >= 0.6 is 0 Å². The van der Waals surface area contributed by atoms with Crippen LogP contribution in [0.15, 0.2) is 60.9 Å². The smallest absolute Gasteiger partial charge is 0.410 e. The van der Waals surface area contributed by atoms with Gasteiger partial charge in [-0.15, -0.1) is 0 Å². The second kappa shape index (κ2) is 14.3. The summed E-state index contributed by atoms with van der Waals surface area (Å²) >= 11 is 0. The van der Waals surface area contributed by atoms with Crippen molar-refractivity contribution in [1.29, 1.82) is 0 Å². The van der Waals surface area contributed by atoms with Gasteiger partial charge in [-0.2, -0.15) is 5.10 Å². The fourth-order valence-electron chi connectivity index (χ4n) is 8.98. The van der Waals surface area contributed by atoms with Crippen molar-refractivity contribution in [3.63, 3.8) is 0 Å². The van der Waals surface area contributed by atoms with Crippen LogP contribution in [-0.4, -0.2) is 97.4 Å². The summed E-state index contributed by atoms with van der Waals surface area (Å²) in [6, 6.07) is 18.1. The maximum Gasteiger partial charge on any atom is 0.410 e. The van der Waals surface area contributed by atoms with Crippen LogP contribution in [0.2, 0.25) is 0 Å². The van der Waals surface area contributed by atoms with Crippen molar-refractivity contribution in [2.45, 2.75) is 89.8 Å². The van der Waals surface area contributed by atoms with Gasteiger partial charge in [0, 0.05) is 43.7 Å². The molecule has 2 aromatic heterocycles. The zero-order chi connectivity index (χ0) is 36.7. The van der Waals surface area contributed by atoms with Gasteiger partial charge in [0.15, 0.2) is 5.65 Å². The molecule has 3 aliphatic heterocycles. The number of ether oxygens (including phenoxy) is 2. The molecular formula is C41H52N8O4. The topological polar surface area (TPSA) is 132 Å². The molecule has 0 bridgehead atoms. The predicted molar refractivity (Wildman–Crippen MR) is 203 cm³/mol. The lowest BCUT2D eigenvalue weighted by Gasteiger charge is -2.56. The normalized spacial score (nSPS) is 21.5. The Bertz CT molecular complexity index is 1920. The molecule has 2 aromatic carbocycles. The third-order valence-electron chi connectivity index (χ3n) is 11.9. The van der Waals surface area contributed by atoms with Gasteiger partial charge in [0.1, 0.15) is 34.9 Å². The minimum Gasteiger partial charge on any atom is -0.457 e. The molecule has 0 unspecified atom stereocenters. The number of aromatic nitrogens is 4. The number of carbonyl (C=O) groups excluding carboxylic acids is 2. The van der Waals surface area contributed by atoms with E-state index in [2.05, 4.69) is 19.8 Å². The molecule has 4 fully saturated rings. The number of para-hydroxylation sites is 1. The molecule has 1 aliphatic carbocycles. The van der Waals surface area contributed by atoms with Crippen LogP contribution in [0.4, 0.5) is 10.6 Å². The highest BCUT2D eigenvalue weighted by Gasteiger charge is 2.49. The molecule has 53 heavy (non-hydrogen) atoms. The first-order valence-corrected chi connectivity index (χ1v) is 19.4. The zero-order valence-electron chi connectivity index (χ0n) is 31.2. The summed E-state index contributed by atoms with van der Waals surface area (Å²) in [4.78, 5) is 42.1. The van der Waals surface area contributed by atoms with Crippen molar-refractivity contribution in [3.05, 3.63) is 60.9 Å². The Labute approximate surface area is 311 Å². The minimum atomic E-state index is -0.464. The average Bonchev–Trinajstić information content (AvgIpc) is 3.55. The summed E-state index contributed by atoms with van der Waals surface area (Å²) in [6.45, 7) is 10.6. The van der Waals surface area contributed by atoms with E-state index < -0.39 is 5.60 Å². The van der Waals surface area contributed by atoms with Gasteiger partial charge in [0.2, 0.25) is 5.91 Å². The van der Waals surface area contributed by atoms with Gasteiger partial charge in [0.05, 0.1) is 11.4 Å². The fraction of sp³-hybridized carbons (Fsp3) is 0.537. The van der Waals surface area contributed by atoms with E-state index in [-0.39, 0.29) is 24.0 Å². The van der Waals surface area contributed by atoms with Crippen LogP contribution in [0.25, 0.3) is 22.3 Å². The van der Waals surface area contributed by atoms with E-state index in [0.29, 0.717) is 29.5 Å². The molecule has 1 atom stereocenters. The van der Waals surface area contributed by atoms with Crippen LogP contribution in [0, 0.1) is 11.3 Å². The van der Waals surface area contributed by atoms with E-state index in [1.165, 1.54) is 19.2 Å². The molecule has 3 saturated heterocycles. The number of nitrogen functional groups attached to an aromatic ring is 1. The van der Waals surface area contributed by atoms with Gasteiger partial charge in [-0.25, -0.2) is 19.4 Å². The summed E-state index contributed by atoms with van der Waals surface area (Å²) in [5.41, 5.74) is 8.66. The van der Waals surface area contributed by atoms with Crippen LogP contribution in [-0.2, 0) is 9.53 Å². The summed E-state index contributed by atoms with van der Waals surface area (Å²) in [5, 5.41) is 5.82. The van der Waals surface area contributed by atoms with Crippen LogP contribution in [0.1, 0.15) is 78.2 Å². The Hall–Kier alpha value is -4.71. The maximum absolute atomic E-state index is 14.0. The van der Waals surface area contributed by atoms with Crippen molar-refractivity contribution >= 4 is 28.9 Å². The molecule has 2 amide bonds. The minimum absolute atomic E-state index is 0.00747. The maximum atomic E-state index is 14.0. The van der Waals surface area contributed by atoms with Crippen molar-refractivity contribution in [1.82, 2.24) is 34.4 Å². The van der Waals surface area contributed by atoms with Crippen molar-refractivity contribution < 1.29 is 19.1 Å². The number of amides is 2. The second-order valence-electron chi connectivity index (χ2n) is 16.6. The number of rotatable bonds is 6. The first kappa shape index (κ1) is 35.3. The number of anilines is 1. The highest BCUT2D eigenvalue weighted by atomic mass is 16.6.